The molecule has 0 aliphatic heterocycles. The number of carbonyl (C=O) groups excluding carboxylic acids is 1. The summed E-state index contributed by atoms with van der Waals surface area (Å²) in [6, 6.07) is 1.91. The Morgan fingerprint density at radius 1 is 1.43 bits per heavy atom. The van der Waals surface area contributed by atoms with E-state index in [1.165, 1.54) is 0 Å². The van der Waals surface area contributed by atoms with Crippen molar-refractivity contribution in [2.75, 3.05) is 33.4 Å². The molecule has 0 aromatic carbocycles. The van der Waals surface area contributed by atoms with Crippen molar-refractivity contribution in [3.05, 3.63) is 18.0 Å². The van der Waals surface area contributed by atoms with Crippen molar-refractivity contribution in [1.29, 1.82) is 0 Å². The minimum Gasteiger partial charge on any atom is -0.383 e. The summed E-state index contributed by atoms with van der Waals surface area (Å²) in [6.45, 7) is 4.36. The van der Waals surface area contributed by atoms with Gasteiger partial charge in [0, 0.05) is 33.4 Å². The molecule has 8 nitrogen and oxygen atoms in total. The number of aromatic nitrogens is 2. The number of guanidine groups is 1. The van der Waals surface area contributed by atoms with E-state index in [2.05, 4.69) is 26.0 Å². The summed E-state index contributed by atoms with van der Waals surface area (Å²) < 4.78 is 6.64. The lowest BCUT2D eigenvalue weighted by molar-refractivity contribution is -0.120. The molecule has 0 aliphatic rings. The second-order valence-corrected chi connectivity index (χ2v) is 4.34. The number of nitrogens with one attached hydrogen (secondary N) is 3. The van der Waals surface area contributed by atoms with E-state index in [0.29, 0.717) is 25.7 Å². The normalized spacial score (nSPS) is 11.3. The molecule has 0 fully saturated rings. The van der Waals surface area contributed by atoms with Crippen LogP contribution in [-0.4, -0.2) is 55.0 Å². The monoisotopic (exact) mass is 296 g/mol. The second-order valence-electron chi connectivity index (χ2n) is 4.34. The number of carbonyl (C=O) groups is 1. The van der Waals surface area contributed by atoms with Crippen molar-refractivity contribution in [2.24, 2.45) is 12.0 Å². The third kappa shape index (κ3) is 6.75. The fourth-order valence-electron chi connectivity index (χ4n) is 1.58. The van der Waals surface area contributed by atoms with Crippen LogP contribution in [0.4, 0.5) is 0 Å². The highest BCUT2D eigenvalue weighted by Gasteiger charge is 2.03. The largest absolute Gasteiger partial charge is 0.383 e. The van der Waals surface area contributed by atoms with Crippen LogP contribution in [0.25, 0.3) is 0 Å². The van der Waals surface area contributed by atoms with E-state index in [9.17, 15) is 4.79 Å². The smallest absolute Gasteiger partial charge is 0.239 e. The third-order valence-electron chi connectivity index (χ3n) is 2.71. The molecule has 0 unspecified atom stereocenters. The Balaban J connectivity index is 2.42. The van der Waals surface area contributed by atoms with Crippen LogP contribution in [0.5, 0.6) is 0 Å². The predicted octanol–water partition coefficient (Wildman–Crippen LogP) is -0.762. The van der Waals surface area contributed by atoms with Crippen LogP contribution in [0.15, 0.2) is 17.3 Å². The first-order valence-electron chi connectivity index (χ1n) is 6.92. The topological polar surface area (TPSA) is 92.6 Å². The van der Waals surface area contributed by atoms with Gasteiger partial charge in [-0.3, -0.25) is 9.48 Å². The number of ether oxygens (including phenoxy) is 1. The van der Waals surface area contributed by atoms with E-state index < -0.39 is 0 Å². The molecule has 0 radical (unpaired) electrons. The van der Waals surface area contributed by atoms with E-state index in [1.54, 1.807) is 18.0 Å². The Kier molecular flexibility index (Phi) is 7.88. The highest BCUT2D eigenvalue weighted by atomic mass is 16.5. The quantitative estimate of drug-likeness (QED) is 0.333. The van der Waals surface area contributed by atoms with Crippen LogP contribution in [0.3, 0.4) is 0 Å². The number of methoxy groups -OCH3 is 1. The van der Waals surface area contributed by atoms with Crippen LogP contribution >= 0.6 is 0 Å². The van der Waals surface area contributed by atoms with Gasteiger partial charge in [-0.15, -0.1) is 0 Å². The summed E-state index contributed by atoms with van der Waals surface area (Å²) in [4.78, 5) is 16.0. The van der Waals surface area contributed by atoms with Gasteiger partial charge in [-0.1, -0.05) is 0 Å². The van der Waals surface area contributed by atoms with Gasteiger partial charge < -0.3 is 20.7 Å². The van der Waals surface area contributed by atoms with E-state index >= 15 is 0 Å². The van der Waals surface area contributed by atoms with E-state index in [0.717, 1.165) is 12.2 Å². The van der Waals surface area contributed by atoms with Crippen molar-refractivity contribution in [1.82, 2.24) is 25.7 Å². The van der Waals surface area contributed by atoms with Gasteiger partial charge in [0.25, 0.3) is 0 Å². The van der Waals surface area contributed by atoms with Crippen molar-refractivity contribution >= 4 is 11.9 Å². The molecular weight excluding hydrogens is 272 g/mol. The SMILES string of the molecule is CCNC(=NCc1ccnn1C)NCC(=O)NCCOC. The van der Waals surface area contributed by atoms with Crippen molar-refractivity contribution in [3.8, 4) is 0 Å². The van der Waals surface area contributed by atoms with Gasteiger partial charge in [-0.25, -0.2) is 4.99 Å². The standard InChI is InChI=1S/C13H24N6O2/c1-4-14-13(16-9-11-5-6-18-19(11)2)17-10-12(20)15-7-8-21-3/h5-6H,4,7-10H2,1-3H3,(H,15,20)(H2,14,16,17). The van der Waals surface area contributed by atoms with Crippen LogP contribution < -0.4 is 16.0 Å². The Labute approximate surface area is 125 Å². The maximum absolute atomic E-state index is 11.6. The fraction of sp³-hybridized carbons (Fsp3) is 0.615. The summed E-state index contributed by atoms with van der Waals surface area (Å²) in [5.41, 5.74) is 0.997. The number of hydrogen-bond acceptors (Lipinski definition) is 4. The number of amides is 1. The minimum atomic E-state index is -0.0989. The molecule has 0 saturated heterocycles. The molecule has 21 heavy (non-hydrogen) atoms. The first kappa shape index (κ1) is 17.0. The zero-order chi connectivity index (χ0) is 15.5. The van der Waals surface area contributed by atoms with Crippen molar-refractivity contribution in [3.63, 3.8) is 0 Å². The number of rotatable bonds is 8. The number of hydrogen-bond donors (Lipinski definition) is 3. The lowest BCUT2D eigenvalue weighted by atomic mass is 10.4. The van der Waals surface area contributed by atoms with Gasteiger partial charge in [-0.05, 0) is 13.0 Å². The van der Waals surface area contributed by atoms with E-state index in [4.69, 9.17) is 4.74 Å². The number of aliphatic imine (C=N–C) groups is 1. The lowest BCUT2D eigenvalue weighted by Crippen LogP contribution is -2.43. The minimum absolute atomic E-state index is 0.0989. The Bertz CT molecular complexity index is 457. The lowest BCUT2D eigenvalue weighted by Gasteiger charge is -2.11. The zero-order valence-corrected chi connectivity index (χ0v) is 12.8. The molecule has 0 bridgehead atoms. The molecule has 1 rings (SSSR count). The molecule has 1 aromatic heterocycles. The molecule has 118 valence electrons. The van der Waals surface area contributed by atoms with Gasteiger partial charge >= 0.3 is 0 Å². The first-order chi connectivity index (χ1) is 10.2. The maximum Gasteiger partial charge on any atom is 0.239 e. The van der Waals surface area contributed by atoms with E-state index in [-0.39, 0.29) is 12.5 Å². The van der Waals surface area contributed by atoms with Crippen molar-refractivity contribution in [2.45, 2.75) is 13.5 Å². The summed E-state index contributed by atoms with van der Waals surface area (Å²) in [7, 11) is 3.47. The predicted molar refractivity (Wildman–Crippen MR) is 80.9 cm³/mol. The zero-order valence-electron chi connectivity index (χ0n) is 12.8. The summed E-state index contributed by atoms with van der Waals surface area (Å²) in [6.07, 6.45) is 1.73. The molecule has 1 amide bonds. The average Bonchev–Trinajstić information content (AvgIpc) is 2.87. The highest BCUT2D eigenvalue weighted by molar-refractivity contribution is 5.86. The van der Waals surface area contributed by atoms with Crippen LogP contribution in [0, 0.1) is 0 Å². The maximum atomic E-state index is 11.6. The summed E-state index contributed by atoms with van der Waals surface area (Å²) in [5.74, 6) is 0.499. The van der Waals surface area contributed by atoms with Gasteiger partial charge in [0.2, 0.25) is 5.91 Å². The second kappa shape index (κ2) is 9.76. The van der Waals surface area contributed by atoms with Crippen LogP contribution in [0.2, 0.25) is 0 Å². The molecular formula is C13H24N6O2. The summed E-state index contributed by atoms with van der Waals surface area (Å²) >= 11 is 0. The van der Waals surface area contributed by atoms with Crippen molar-refractivity contribution < 1.29 is 9.53 Å². The molecule has 8 heteroatoms. The van der Waals surface area contributed by atoms with Gasteiger partial charge in [0.1, 0.15) is 0 Å². The third-order valence-corrected chi connectivity index (χ3v) is 2.71. The molecule has 0 atom stereocenters. The molecule has 3 N–H and O–H groups in total. The van der Waals surface area contributed by atoms with Crippen LogP contribution in [-0.2, 0) is 23.1 Å². The Morgan fingerprint density at radius 3 is 2.86 bits per heavy atom. The highest BCUT2D eigenvalue weighted by Crippen LogP contribution is 1.97. The molecule has 1 heterocycles. The van der Waals surface area contributed by atoms with E-state index in [1.807, 2.05) is 20.0 Å². The Morgan fingerprint density at radius 2 is 2.24 bits per heavy atom. The molecule has 1 aromatic rings. The molecule has 0 saturated carbocycles. The van der Waals surface area contributed by atoms with Crippen LogP contribution in [0.1, 0.15) is 12.6 Å². The number of aryl methyl sites for hydroxylation is 1. The number of nitrogens with zero attached hydrogens (tertiary/aromatic N) is 3. The molecule has 0 aliphatic carbocycles. The summed E-state index contributed by atoms with van der Waals surface area (Å²) in [5, 5.41) is 12.9. The van der Waals surface area contributed by atoms with Gasteiger partial charge in [-0.2, -0.15) is 5.10 Å². The van der Waals surface area contributed by atoms with Gasteiger partial charge in [0.15, 0.2) is 5.96 Å². The Hall–Kier alpha value is -2.09. The first-order valence-corrected chi connectivity index (χ1v) is 6.92. The fourth-order valence-corrected chi connectivity index (χ4v) is 1.58. The average molecular weight is 296 g/mol. The van der Waals surface area contributed by atoms with Gasteiger partial charge in [0.05, 0.1) is 25.4 Å². The molecule has 0 spiro atoms.